The van der Waals surface area contributed by atoms with Gasteiger partial charge in [0.1, 0.15) is 0 Å². The van der Waals surface area contributed by atoms with Crippen LogP contribution in [0.3, 0.4) is 0 Å². The minimum atomic E-state index is -3.96. The highest BCUT2D eigenvalue weighted by Crippen LogP contribution is 2.21. The highest BCUT2D eigenvalue weighted by atomic mass is 32.2. The van der Waals surface area contributed by atoms with E-state index in [4.69, 9.17) is 0 Å². The molecule has 0 fully saturated rings. The monoisotopic (exact) mass is 390 g/mol. The molecule has 4 N–H and O–H groups in total. The van der Waals surface area contributed by atoms with Crippen molar-refractivity contribution in [2.24, 2.45) is 0 Å². The second-order valence-electron chi connectivity index (χ2n) is 6.49. The highest BCUT2D eigenvalue weighted by molar-refractivity contribution is 7.89. The van der Waals surface area contributed by atoms with E-state index in [9.17, 15) is 23.4 Å². The van der Waals surface area contributed by atoms with E-state index >= 15 is 0 Å². The lowest BCUT2D eigenvalue weighted by molar-refractivity contribution is 0.0945. The van der Waals surface area contributed by atoms with Crippen LogP contribution >= 0.6 is 0 Å². The first-order valence-electron chi connectivity index (χ1n) is 8.68. The van der Waals surface area contributed by atoms with Crippen LogP contribution in [0.4, 0.5) is 0 Å². The second-order valence-corrected chi connectivity index (χ2v) is 8.20. The lowest BCUT2D eigenvalue weighted by Crippen LogP contribution is -2.39. The van der Waals surface area contributed by atoms with Crippen LogP contribution in [0.25, 0.3) is 0 Å². The van der Waals surface area contributed by atoms with Crippen molar-refractivity contribution in [1.29, 1.82) is 0 Å². The van der Waals surface area contributed by atoms with E-state index in [1.54, 1.807) is 30.3 Å². The quantitative estimate of drug-likeness (QED) is 0.556. The third-order valence-corrected chi connectivity index (χ3v) is 6.07. The fourth-order valence-electron chi connectivity index (χ4n) is 3.09. The summed E-state index contributed by atoms with van der Waals surface area (Å²) in [5.41, 5.74) is 1.78. The summed E-state index contributed by atoms with van der Waals surface area (Å²) < 4.78 is 27.8. The number of amides is 1. The summed E-state index contributed by atoms with van der Waals surface area (Å²) in [6.45, 7) is 0.0642. The normalized spacial score (nSPS) is 16.3. The summed E-state index contributed by atoms with van der Waals surface area (Å²) in [5.74, 6) is -0.300. The zero-order valence-electron chi connectivity index (χ0n) is 14.6. The van der Waals surface area contributed by atoms with Gasteiger partial charge in [0.15, 0.2) is 0 Å². The maximum atomic E-state index is 12.7. The molecule has 0 spiro atoms. The van der Waals surface area contributed by atoms with Crippen LogP contribution in [-0.4, -0.2) is 43.7 Å². The molecule has 0 bridgehead atoms. The third kappa shape index (κ3) is 4.54. The summed E-state index contributed by atoms with van der Waals surface area (Å²) in [6.07, 6.45) is -0.247. The van der Waals surface area contributed by atoms with E-state index in [-0.39, 0.29) is 17.2 Å². The first-order chi connectivity index (χ1) is 12.9. The summed E-state index contributed by atoms with van der Waals surface area (Å²) in [7, 11) is -3.96. The van der Waals surface area contributed by atoms with Gasteiger partial charge < -0.3 is 15.5 Å². The molecule has 2 atom stereocenters. The smallest absolute Gasteiger partial charge is 0.251 e. The average Bonchev–Trinajstić information content (AvgIpc) is 2.68. The fraction of sp³-hybridized carbons (Fsp3) is 0.316. The van der Waals surface area contributed by atoms with Crippen molar-refractivity contribution < 1.29 is 23.4 Å². The fourth-order valence-corrected chi connectivity index (χ4v) is 4.35. The summed E-state index contributed by atoms with van der Waals surface area (Å²) >= 11 is 0. The van der Waals surface area contributed by atoms with Crippen molar-refractivity contribution in [1.82, 2.24) is 10.0 Å². The minimum Gasteiger partial charge on any atom is -0.395 e. The Bertz CT molecular complexity index is 915. The Morgan fingerprint density at radius 3 is 2.59 bits per heavy atom. The molecule has 1 aliphatic heterocycles. The van der Waals surface area contributed by atoms with Crippen LogP contribution in [0, 0.1) is 0 Å². The highest BCUT2D eigenvalue weighted by Gasteiger charge is 2.25. The first-order valence-corrected chi connectivity index (χ1v) is 10.2. The number of sulfonamides is 1. The van der Waals surface area contributed by atoms with Crippen molar-refractivity contribution >= 4 is 15.9 Å². The maximum Gasteiger partial charge on any atom is 0.251 e. The number of hydrogen-bond donors (Lipinski definition) is 4. The number of benzene rings is 2. The molecule has 0 aliphatic carbocycles. The lowest BCUT2D eigenvalue weighted by Gasteiger charge is -2.21. The van der Waals surface area contributed by atoms with Crippen molar-refractivity contribution in [2.45, 2.75) is 29.9 Å². The van der Waals surface area contributed by atoms with Gasteiger partial charge in [0.2, 0.25) is 10.0 Å². The third-order valence-electron chi connectivity index (χ3n) is 4.55. The van der Waals surface area contributed by atoms with Crippen LogP contribution in [0.2, 0.25) is 0 Å². The molecular weight excluding hydrogens is 368 g/mol. The molecule has 2 aromatic rings. The van der Waals surface area contributed by atoms with Crippen molar-refractivity contribution in [3.63, 3.8) is 0 Å². The Morgan fingerprint density at radius 2 is 1.89 bits per heavy atom. The van der Waals surface area contributed by atoms with Gasteiger partial charge in [-0.3, -0.25) is 4.79 Å². The van der Waals surface area contributed by atoms with Gasteiger partial charge in [-0.25, -0.2) is 13.1 Å². The second kappa shape index (κ2) is 8.18. The SMILES string of the molecule is O=C1NCCc2ccc(S(=O)(=O)N[C@@H](CO)C[C@H](O)c3ccccc3)cc21. The molecular formula is C19H22N2O5S. The van der Waals surface area contributed by atoms with Crippen LogP contribution in [0.5, 0.6) is 0 Å². The predicted octanol–water partition coefficient (Wildman–Crippen LogP) is 0.735. The molecule has 0 radical (unpaired) electrons. The van der Waals surface area contributed by atoms with Crippen LogP contribution in [0.1, 0.15) is 34.0 Å². The zero-order valence-corrected chi connectivity index (χ0v) is 15.4. The number of aliphatic hydroxyl groups is 2. The van der Waals surface area contributed by atoms with Crippen molar-refractivity contribution in [3.8, 4) is 0 Å². The molecule has 7 nitrogen and oxygen atoms in total. The van der Waals surface area contributed by atoms with Gasteiger partial charge in [-0.1, -0.05) is 36.4 Å². The Morgan fingerprint density at radius 1 is 1.15 bits per heavy atom. The van der Waals surface area contributed by atoms with E-state index in [1.165, 1.54) is 12.1 Å². The number of fused-ring (bicyclic) bond motifs is 1. The molecule has 1 heterocycles. The summed E-state index contributed by atoms with van der Waals surface area (Å²) in [6, 6.07) is 12.4. The molecule has 1 amide bonds. The standard InChI is InChI=1S/C19H22N2O5S/c22-12-15(10-18(23)14-4-2-1-3-5-14)21-27(25,26)16-7-6-13-8-9-20-19(24)17(13)11-16/h1-7,11,15,18,21-23H,8-10,12H2,(H,20,24)/t15-,18+/m1/s1. The Balaban J connectivity index is 1.76. The number of carbonyl (C=O) groups is 1. The minimum absolute atomic E-state index is 0.0190. The van der Waals surface area contributed by atoms with Gasteiger partial charge >= 0.3 is 0 Å². The van der Waals surface area contributed by atoms with E-state index in [0.717, 1.165) is 5.56 Å². The Hall–Kier alpha value is -2.26. The molecule has 2 aromatic carbocycles. The summed E-state index contributed by atoms with van der Waals surface area (Å²) in [4.78, 5) is 11.9. The number of rotatable bonds is 7. The molecule has 8 heteroatoms. The molecule has 0 aromatic heterocycles. The van der Waals surface area contributed by atoms with Crippen LogP contribution in [0.15, 0.2) is 53.4 Å². The molecule has 144 valence electrons. The number of hydrogen-bond acceptors (Lipinski definition) is 5. The maximum absolute atomic E-state index is 12.7. The van der Waals surface area contributed by atoms with E-state index in [1.807, 2.05) is 6.07 Å². The topological polar surface area (TPSA) is 116 Å². The van der Waals surface area contributed by atoms with Crippen molar-refractivity contribution in [2.75, 3.05) is 13.2 Å². The van der Waals surface area contributed by atoms with E-state index < -0.39 is 28.8 Å². The molecule has 0 saturated carbocycles. The van der Waals surface area contributed by atoms with Gasteiger partial charge in [0.05, 0.1) is 17.6 Å². The zero-order chi connectivity index (χ0) is 19.4. The molecule has 3 rings (SSSR count). The molecule has 0 unspecified atom stereocenters. The Kier molecular flexibility index (Phi) is 5.91. The Labute approximate surface area is 158 Å². The molecule has 27 heavy (non-hydrogen) atoms. The van der Waals surface area contributed by atoms with Crippen LogP contribution in [-0.2, 0) is 16.4 Å². The largest absolute Gasteiger partial charge is 0.395 e. The lowest BCUT2D eigenvalue weighted by atomic mass is 10.0. The van der Waals surface area contributed by atoms with E-state index in [0.29, 0.717) is 24.1 Å². The van der Waals surface area contributed by atoms with Crippen molar-refractivity contribution in [3.05, 3.63) is 65.2 Å². The average molecular weight is 390 g/mol. The van der Waals surface area contributed by atoms with E-state index in [2.05, 4.69) is 10.0 Å². The van der Waals surface area contributed by atoms with Gasteiger partial charge in [-0.15, -0.1) is 0 Å². The predicted molar refractivity (Wildman–Crippen MR) is 99.7 cm³/mol. The van der Waals surface area contributed by atoms with Crippen LogP contribution < -0.4 is 10.0 Å². The number of nitrogens with one attached hydrogen (secondary N) is 2. The van der Waals surface area contributed by atoms with Gasteiger partial charge in [-0.05, 0) is 36.1 Å². The number of aliphatic hydroxyl groups excluding tert-OH is 2. The summed E-state index contributed by atoms with van der Waals surface area (Å²) in [5, 5.41) is 22.5. The first kappa shape index (κ1) is 19.5. The molecule has 1 aliphatic rings. The van der Waals surface area contributed by atoms with Gasteiger partial charge in [0.25, 0.3) is 5.91 Å². The van der Waals surface area contributed by atoms with Gasteiger partial charge in [-0.2, -0.15) is 0 Å². The molecule has 0 saturated heterocycles. The van der Waals surface area contributed by atoms with Gasteiger partial charge in [0, 0.05) is 18.2 Å². The number of carbonyl (C=O) groups excluding carboxylic acids is 1.